The molecule has 13 rings (SSSR count). The number of hydrogen-bond donors (Lipinski definition) is 0. The van der Waals surface area contributed by atoms with Gasteiger partial charge < -0.3 is 9.47 Å². The van der Waals surface area contributed by atoms with E-state index >= 15 is 0 Å². The molecule has 0 spiro atoms. The molecule has 0 atom stereocenters. The molecule has 1 aromatic heterocycles. The SMILES string of the molecule is c1ccc(-c2c(-c3ccccc3)c3cc(-c4ccc(N(c5ccc(-c6ccc7c(c6)c6ccccc6n7-c6ccccc6)cc5)c5cccc6ccccc56)cc4)ccc3c3ccccc23)cc1. The number of fused-ring (bicyclic) bond motifs is 7. The molecule has 0 saturated carbocycles. The van der Waals surface area contributed by atoms with Gasteiger partial charge in [0.25, 0.3) is 0 Å². The van der Waals surface area contributed by atoms with E-state index in [0.717, 1.165) is 22.7 Å². The summed E-state index contributed by atoms with van der Waals surface area (Å²) in [4.78, 5) is 2.40. The van der Waals surface area contributed by atoms with Crippen LogP contribution in [0.15, 0.2) is 267 Å². The second-order valence-electron chi connectivity index (χ2n) is 17.6. The fourth-order valence-electron chi connectivity index (χ4n) is 10.6. The number of rotatable bonds is 8. The lowest BCUT2D eigenvalue weighted by Gasteiger charge is -2.27. The topological polar surface area (TPSA) is 8.17 Å². The zero-order valence-corrected chi connectivity index (χ0v) is 37.3. The summed E-state index contributed by atoms with van der Waals surface area (Å²) < 4.78 is 2.37. The summed E-state index contributed by atoms with van der Waals surface area (Å²) in [6.07, 6.45) is 0. The minimum absolute atomic E-state index is 1.09. The molecule has 2 nitrogen and oxygen atoms in total. The molecule has 0 radical (unpaired) electrons. The van der Waals surface area contributed by atoms with Crippen LogP contribution in [0, 0.1) is 0 Å². The van der Waals surface area contributed by atoms with Crippen molar-refractivity contribution < 1.29 is 0 Å². The van der Waals surface area contributed by atoms with Gasteiger partial charge in [0.05, 0.1) is 16.7 Å². The van der Waals surface area contributed by atoms with Gasteiger partial charge in [-0.3, -0.25) is 0 Å². The Hall–Kier alpha value is -8.98. The first kappa shape index (κ1) is 39.4. The Kier molecular flexibility index (Phi) is 9.54. The summed E-state index contributed by atoms with van der Waals surface area (Å²) in [5.41, 5.74) is 16.6. The molecule has 0 unspecified atom stereocenters. The van der Waals surface area contributed by atoms with Crippen LogP contribution in [-0.4, -0.2) is 4.57 Å². The molecule has 13 aromatic rings. The maximum atomic E-state index is 2.41. The number of nitrogens with zero attached hydrogens (tertiary/aromatic N) is 2. The third-order valence-corrected chi connectivity index (χ3v) is 13.8. The van der Waals surface area contributed by atoms with E-state index in [-0.39, 0.29) is 0 Å². The van der Waals surface area contributed by atoms with E-state index in [0.29, 0.717) is 0 Å². The van der Waals surface area contributed by atoms with Crippen LogP contribution in [0.1, 0.15) is 0 Å². The van der Waals surface area contributed by atoms with E-state index in [1.165, 1.54) is 98.6 Å². The zero-order chi connectivity index (χ0) is 45.0. The predicted octanol–water partition coefficient (Wildman–Crippen LogP) is 18.4. The van der Waals surface area contributed by atoms with Crippen LogP contribution in [0.3, 0.4) is 0 Å². The first-order valence-corrected chi connectivity index (χ1v) is 23.4. The number of anilines is 3. The lowest BCUT2D eigenvalue weighted by Crippen LogP contribution is -2.10. The lowest BCUT2D eigenvalue weighted by molar-refractivity contribution is 1.18. The third-order valence-electron chi connectivity index (χ3n) is 13.8. The zero-order valence-electron chi connectivity index (χ0n) is 37.3. The molecule has 0 fully saturated rings. The van der Waals surface area contributed by atoms with Crippen molar-refractivity contribution in [3.8, 4) is 50.2 Å². The van der Waals surface area contributed by atoms with Crippen LogP contribution in [0.25, 0.3) is 104 Å². The fraction of sp³-hybridized carbons (Fsp3) is 0. The average molecular weight is 865 g/mol. The quantitative estimate of drug-likeness (QED) is 0.138. The molecule has 0 N–H and O–H groups in total. The van der Waals surface area contributed by atoms with Gasteiger partial charge in [0.2, 0.25) is 0 Å². The molecule has 0 bridgehead atoms. The Morgan fingerprint density at radius 2 is 0.706 bits per heavy atom. The van der Waals surface area contributed by atoms with E-state index in [2.05, 4.69) is 276 Å². The highest BCUT2D eigenvalue weighted by Gasteiger charge is 2.20. The predicted molar refractivity (Wildman–Crippen MR) is 290 cm³/mol. The number of benzene rings is 12. The summed E-state index contributed by atoms with van der Waals surface area (Å²) in [6.45, 7) is 0. The van der Waals surface area contributed by atoms with Crippen LogP contribution >= 0.6 is 0 Å². The summed E-state index contributed by atoms with van der Waals surface area (Å²) in [5.74, 6) is 0. The Balaban J connectivity index is 0.918. The van der Waals surface area contributed by atoms with Crippen molar-refractivity contribution in [2.24, 2.45) is 0 Å². The number of aromatic nitrogens is 1. The van der Waals surface area contributed by atoms with E-state index in [1.54, 1.807) is 0 Å². The summed E-state index contributed by atoms with van der Waals surface area (Å²) >= 11 is 0. The Morgan fingerprint density at radius 1 is 0.250 bits per heavy atom. The van der Waals surface area contributed by atoms with Gasteiger partial charge in [-0.1, -0.05) is 200 Å². The number of hydrogen-bond acceptors (Lipinski definition) is 1. The van der Waals surface area contributed by atoms with Gasteiger partial charge in [-0.15, -0.1) is 0 Å². The van der Waals surface area contributed by atoms with Crippen molar-refractivity contribution in [1.82, 2.24) is 4.57 Å². The average Bonchev–Trinajstić information content (AvgIpc) is 3.75. The smallest absolute Gasteiger partial charge is 0.0541 e. The normalized spacial score (nSPS) is 11.5. The molecule has 318 valence electrons. The lowest BCUT2D eigenvalue weighted by atomic mass is 9.84. The summed E-state index contributed by atoms with van der Waals surface area (Å²) in [5, 5.41) is 9.93. The van der Waals surface area contributed by atoms with Gasteiger partial charge in [0.1, 0.15) is 0 Å². The van der Waals surface area contributed by atoms with Crippen molar-refractivity contribution >= 4 is 71.2 Å². The molecule has 2 heteroatoms. The van der Waals surface area contributed by atoms with Crippen molar-refractivity contribution in [3.05, 3.63) is 267 Å². The van der Waals surface area contributed by atoms with Crippen molar-refractivity contribution in [2.75, 3.05) is 4.90 Å². The first-order valence-electron chi connectivity index (χ1n) is 23.4. The van der Waals surface area contributed by atoms with Crippen LogP contribution in [0.2, 0.25) is 0 Å². The molecular formula is C66H44N2. The highest BCUT2D eigenvalue weighted by Crippen LogP contribution is 2.46. The minimum atomic E-state index is 1.09. The molecule has 1 heterocycles. The van der Waals surface area contributed by atoms with E-state index in [9.17, 15) is 0 Å². The first-order chi connectivity index (χ1) is 33.7. The second-order valence-corrected chi connectivity index (χ2v) is 17.6. The minimum Gasteiger partial charge on any atom is -0.310 e. The van der Waals surface area contributed by atoms with Gasteiger partial charge in [-0.25, -0.2) is 0 Å². The van der Waals surface area contributed by atoms with Gasteiger partial charge in [0.15, 0.2) is 0 Å². The monoisotopic (exact) mass is 864 g/mol. The summed E-state index contributed by atoms with van der Waals surface area (Å²) in [7, 11) is 0. The van der Waals surface area contributed by atoms with E-state index in [1.807, 2.05) is 0 Å². The van der Waals surface area contributed by atoms with Crippen LogP contribution in [0.5, 0.6) is 0 Å². The van der Waals surface area contributed by atoms with Gasteiger partial charge in [-0.05, 0) is 138 Å². The Bertz CT molecular complexity index is 3980. The molecule has 0 aliphatic heterocycles. The van der Waals surface area contributed by atoms with Gasteiger partial charge in [-0.2, -0.15) is 0 Å². The molecular weight excluding hydrogens is 821 g/mol. The molecule has 0 saturated heterocycles. The standard InChI is InChI=1S/C66H44N2/c1-4-18-48(19-5-1)65-59-28-13-12-26-56(59)57-41-35-50(44-61(57)66(65)49-20-6-2-7-21-49)45-31-37-53(38-32-45)67(62-30-16-22-47-17-10-11-25-55(47)62)54-39-33-46(34-40-54)51-36-42-64-60(43-51)58-27-14-15-29-63(58)68(64)52-23-8-3-9-24-52/h1-44H. The highest BCUT2D eigenvalue weighted by molar-refractivity contribution is 6.22. The van der Waals surface area contributed by atoms with Gasteiger partial charge in [0, 0.05) is 33.2 Å². The van der Waals surface area contributed by atoms with Crippen LogP contribution in [-0.2, 0) is 0 Å². The number of para-hydroxylation sites is 2. The van der Waals surface area contributed by atoms with Crippen molar-refractivity contribution in [2.45, 2.75) is 0 Å². The van der Waals surface area contributed by atoms with Crippen molar-refractivity contribution in [1.29, 1.82) is 0 Å². The molecule has 0 amide bonds. The highest BCUT2D eigenvalue weighted by atomic mass is 15.1. The molecule has 0 aliphatic rings. The molecule has 12 aromatic carbocycles. The Morgan fingerprint density at radius 3 is 1.37 bits per heavy atom. The largest absolute Gasteiger partial charge is 0.310 e. The Labute approximate surface area is 395 Å². The second kappa shape index (κ2) is 16.5. The molecule has 0 aliphatic carbocycles. The molecule has 68 heavy (non-hydrogen) atoms. The van der Waals surface area contributed by atoms with Crippen LogP contribution in [0.4, 0.5) is 17.1 Å². The maximum absolute atomic E-state index is 2.41. The fourth-order valence-corrected chi connectivity index (χ4v) is 10.6. The van der Waals surface area contributed by atoms with E-state index < -0.39 is 0 Å². The summed E-state index contributed by atoms with van der Waals surface area (Å²) in [6, 6.07) is 97.4. The van der Waals surface area contributed by atoms with Crippen molar-refractivity contribution in [3.63, 3.8) is 0 Å². The van der Waals surface area contributed by atoms with E-state index in [4.69, 9.17) is 0 Å². The third kappa shape index (κ3) is 6.65. The maximum Gasteiger partial charge on any atom is 0.0541 e. The van der Waals surface area contributed by atoms with Crippen LogP contribution < -0.4 is 4.90 Å². The van der Waals surface area contributed by atoms with Gasteiger partial charge >= 0.3 is 0 Å².